The van der Waals surface area contributed by atoms with Gasteiger partial charge in [-0.25, -0.2) is 4.98 Å². The Kier molecular flexibility index (Phi) is 6.36. The van der Waals surface area contributed by atoms with E-state index in [0.29, 0.717) is 22.7 Å². The summed E-state index contributed by atoms with van der Waals surface area (Å²) in [6.07, 6.45) is 0. The van der Waals surface area contributed by atoms with Crippen molar-refractivity contribution in [2.45, 2.75) is 17.6 Å². The standard InChI is InChI=1S/C20H20N2O3S2/c1-13-21-16(11-26-13)12-27-17-7-4-14(5-8-17)20(23)22-15-6-9-18(24-2)19(10-15)25-3/h4-11H,12H2,1-3H3,(H,22,23). The molecule has 5 nitrogen and oxygen atoms in total. The van der Waals surface area contributed by atoms with Crippen LogP contribution < -0.4 is 14.8 Å². The molecule has 0 radical (unpaired) electrons. The van der Waals surface area contributed by atoms with Gasteiger partial charge in [0.25, 0.3) is 5.91 Å². The van der Waals surface area contributed by atoms with Gasteiger partial charge in [-0.3, -0.25) is 4.79 Å². The van der Waals surface area contributed by atoms with Crippen molar-refractivity contribution in [2.24, 2.45) is 0 Å². The molecule has 0 saturated carbocycles. The van der Waals surface area contributed by atoms with Gasteiger partial charge < -0.3 is 14.8 Å². The Hall–Kier alpha value is -2.51. The van der Waals surface area contributed by atoms with Gasteiger partial charge >= 0.3 is 0 Å². The summed E-state index contributed by atoms with van der Waals surface area (Å²) >= 11 is 3.36. The molecule has 0 fully saturated rings. The Labute approximate surface area is 166 Å². The van der Waals surface area contributed by atoms with Gasteiger partial charge in [-0.15, -0.1) is 23.1 Å². The van der Waals surface area contributed by atoms with Gasteiger partial charge in [0.15, 0.2) is 11.5 Å². The van der Waals surface area contributed by atoms with Crippen molar-refractivity contribution < 1.29 is 14.3 Å². The molecule has 0 aliphatic heterocycles. The minimum absolute atomic E-state index is 0.172. The minimum Gasteiger partial charge on any atom is -0.493 e. The molecule has 1 heterocycles. The van der Waals surface area contributed by atoms with Crippen molar-refractivity contribution in [2.75, 3.05) is 19.5 Å². The number of nitrogens with one attached hydrogen (secondary N) is 1. The smallest absolute Gasteiger partial charge is 0.255 e. The Morgan fingerprint density at radius 2 is 1.85 bits per heavy atom. The fraction of sp³-hybridized carbons (Fsp3) is 0.200. The molecule has 1 amide bonds. The number of carbonyl (C=O) groups excluding carboxylic acids is 1. The molecule has 0 aliphatic rings. The monoisotopic (exact) mass is 400 g/mol. The number of benzene rings is 2. The van der Waals surface area contributed by atoms with Crippen LogP contribution in [0.25, 0.3) is 0 Å². The maximum Gasteiger partial charge on any atom is 0.255 e. The van der Waals surface area contributed by atoms with Crippen LogP contribution in [-0.4, -0.2) is 25.1 Å². The van der Waals surface area contributed by atoms with E-state index in [2.05, 4.69) is 15.7 Å². The molecule has 0 spiro atoms. The number of ether oxygens (including phenoxy) is 2. The average molecular weight is 401 g/mol. The van der Waals surface area contributed by atoms with E-state index in [1.165, 1.54) is 0 Å². The zero-order valence-corrected chi connectivity index (χ0v) is 16.9. The lowest BCUT2D eigenvalue weighted by Crippen LogP contribution is -2.11. The third-order valence-electron chi connectivity index (χ3n) is 3.81. The van der Waals surface area contributed by atoms with Gasteiger partial charge in [0.05, 0.1) is 24.9 Å². The molecule has 0 saturated heterocycles. The number of aryl methyl sites for hydroxylation is 1. The van der Waals surface area contributed by atoms with E-state index in [0.717, 1.165) is 21.3 Å². The van der Waals surface area contributed by atoms with Crippen LogP contribution >= 0.6 is 23.1 Å². The highest BCUT2D eigenvalue weighted by molar-refractivity contribution is 7.98. The van der Waals surface area contributed by atoms with Crippen molar-refractivity contribution in [1.29, 1.82) is 0 Å². The second-order valence-electron chi connectivity index (χ2n) is 5.69. The van der Waals surface area contributed by atoms with E-state index < -0.39 is 0 Å². The van der Waals surface area contributed by atoms with Crippen molar-refractivity contribution in [3.05, 3.63) is 64.1 Å². The Morgan fingerprint density at radius 1 is 1.11 bits per heavy atom. The van der Waals surface area contributed by atoms with E-state index in [1.54, 1.807) is 55.5 Å². The molecule has 0 bridgehead atoms. The quantitative estimate of drug-likeness (QED) is 0.565. The number of rotatable bonds is 7. The molecule has 7 heteroatoms. The Balaban J connectivity index is 1.61. The predicted octanol–water partition coefficient (Wildman–Crippen LogP) is 5.01. The molecule has 0 atom stereocenters. The summed E-state index contributed by atoms with van der Waals surface area (Å²) in [4.78, 5) is 18.0. The Bertz CT molecular complexity index is 923. The molecule has 3 rings (SSSR count). The van der Waals surface area contributed by atoms with Crippen LogP contribution in [0.4, 0.5) is 5.69 Å². The minimum atomic E-state index is -0.172. The first-order valence-corrected chi connectivity index (χ1v) is 10.1. The van der Waals surface area contributed by atoms with Gasteiger partial charge in [-0.1, -0.05) is 0 Å². The van der Waals surface area contributed by atoms with Crippen molar-refractivity contribution in [3.63, 3.8) is 0 Å². The van der Waals surface area contributed by atoms with E-state index in [-0.39, 0.29) is 5.91 Å². The van der Waals surface area contributed by atoms with Crippen molar-refractivity contribution in [1.82, 2.24) is 4.98 Å². The number of thioether (sulfide) groups is 1. The van der Waals surface area contributed by atoms with Crippen LogP contribution in [0.1, 0.15) is 21.1 Å². The van der Waals surface area contributed by atoms with Gasteiger partial charge in [0, 0.05) is 33.3 Å². The number of amides is 1. The third-order valence-corrected chi connectivity index (χ3v) is 5.68. The highest BCUT2D eigenvalue weighted by Gasteiger charge is 2.10. The summed E-state index contributed by atoms with van der Waals surface area (Å²) in [6, 6.07) is 12.8. The highest BCUT2D eigenvalue weighted by atomic mass is 32.2. The molecule has 27 heavy (non-hydrogen) atoms. The zero-order chi connectivity index (χ0) is 19.2. The highest BCUT2D eigenvalue weighted by Crippen LogP contribution is 2.30. The number of aromatic nitrogens is 1. The zero-order valence-electron chi connectivity index (χ0n) is 15.3. The average Bonchev–Trinajstić information content (AvgIpc) is 3.11. The molecule has 2 aromatic carbocycles. The molecular formula is C20H20N2O3S2. The number of nitrogens with zero attached hydrogens (tertiary/aromatic N) is 1. The molecule has 0 aliphatic carbocycles. The van der Waals surface area contributed by atoms with Crippen LogP contribution in [-0.2, 0) is 5.75 Å². The topological polar surface area (TPSA) is 60.5 Å². The van der Waals surface area contributed by atoms with Crippen molar-refractivity contribution in [3.8, 4) is 11.5 Å². The third kappa shape index (κ3) is 5.02. The molecule has 0 unspecified atom stereocenters. The first kappa shape index (κ1) is 19.3. The summed E-state index contributed by atoms with van der Waals surface area (Å²) in [6.45, 7) is 2.00. The maximum absolute atomic E-state index is 12.5. The van der Waals surface area contributed by atoms with E-state index in [9.17, 15) is 4.79 Å². The van der Waals surface area contributed by atoms with Crippen LogP contribution in [0.2, 0.25) is 0 Å². The predicted molar refractivity (Wildman–Crippen MR) is 110 cm³/mol. The molecular weight excluding hydrogens is 380 g/mol. The van der Waals surface area contributed by atoms with Gasteiger partial charge in [0.1, 0.15) is 0 Å². The van der Waals surface area contributed by atoms with Crippen LogP contribution in [0.5, 0.6) is 11.5 Å². The second-order valence-corrected chi connectivity index (χ2v) is 7.81. The second kappa shape index (κ2) is 8.92. The number of hydrogen-bond donors (Lipinski definition) is 1. The maximum atomic E-state index is 12.5. The van der Waals surface area contributed by atoms with Gasteiger partial charge in [-0.05, 0) is 43.3 Å². The Morgan fingerprint density at radius 3 is 2.48 bits per heavy atom. The van der Waals surface area contributed by atoms with E-state index >= 15 is 0 Å². The van der Waals surface area contributed by atoms with Crippen LogP contribution in [0, 0.1) is 6.92 Å². The fourth-order valence-corrected chi connectivity index (χ4v) is 3.96. The van der Waals surface area contributed by atoms with Crippen molar-refractivity contribution >= 4 is 34.7 Å². The van der Waals surface area contributed by atoms with Gasteiger partial charge in [-0.2, -0.15) is 0 Å². The largest absolute Gasteiger partial charge is 0.493 e. The number of anilines is 1. The number of carbonyl (C=O) groups is 1. The SMILES string of the molecule is COc1ccc(NC(=O)c2ccc(SCc3csc(C)n3)cc2)cc1OC. The van der Waals surface area contributed by atoms with Crippen LogP contribution in [0.3, 0.4) is 0 Å². The summed E-state index contributed by atoms with van der Waals surface area (Å²) in [5.41, 5.74) is 2.33. The normalized spacial score (nSPS) is 10.5. The van der Waals surface area contributed by atoms with Crippen LogP contribution in [0.15, 0.2) is 52.7 Å². The summed E-state index contributed by atoms with van der Waals surface area (Å²) in [7, 11) is 3.14. The summed E-state index contributed by atoms with van der Waals surface area (Å²) in [5, 5.41) is 6.03. The number of hydrogen-bond acceptors (Lipinski definition) is 6. The summed E-state index contributed by atoms with van der Waals surface area (Å²) in [5.74, 6) is 1.84. The fourth-order valence-electron chi connectivity index (χ4n) is 2.45. The molecule has 140 valence electrons. The van der Waals surface area contributed by atoms with E-state index in [1.807, 2.05) is 31.2 Å². The molecule has 3 aromatic rings. The summed E-state index contributed by atoms with van der Waals surface area (Å²) < 4.78 is 10.5. The van der Waals surface area contributed by atoms with E-state index in [4.69, 9.17) is 9.47 Å². The lowest BCUT2D eigenvalue weighted by molar-refractivity contribution is 0.102. The molecule has 1 aromatic heterocycles. The first-order valence-electron chi connectivity index (χ1n) is 8.26. The van der Waals surface area contributed by atoms with Gasteiger partial charge in [0.2, 0.25) is 0 Å². The number of methoxy groups -OCH3 is 2. The number of thiazole rings is 1. The lowest BCUT2D eigenvalue weighted by atomic mass is 10.2. The molecule has 1 N–H and O–H groups in total. The first-order chi connectivity index (χ1) is 13.1. The lowest BCUT2D eigenvalue weighted by Gasteiger charge is -2.11.